The Hall–Kier alpha value is -1.56. The summed E-state index contributed by atoms with van der Waals surface area (Å²) >= 11 is 0. The van der Waals surface area contributed by atoms with E-state index < -0.39 is 21.7 Å². The summed E-state index contributed by atoms with van der Waals surface area (Å²) in [5, 5.41) is 0. The molecule has 0 aliphatic heterocycles. The Bertz CT molecular complexity index is 543. The first-order chi connectivity index (χ1) is 8.12. The largest absolute Gasteiger partial charge is 0.443 e. The van der Waals surface area contributed by atoms with Crippen LogP contribution in [0.1, 0.15) is 26.3 Å². The SMILES string of the molecule is Cc1ccccc1S(=O)(=O)NC(=O)OC(C)(C)C. The van der Waals surface area contributed by atoms with Gasteiger partial charge in [0.05, 0.1) is 4.90 Å². The molecule has 0 saturated carbocycles. The molecule has 0 atom stereocenters. The van der Waals surface area contributed by atoms with Crippen LogP contribution in [0.4, 0.5) is 4.79 Å². The van der Waals surface area contributed by atoms with E-state index >= 15 is 0 Å². The Balaban J connectivity index is 2.91. The number of sulfonamides is 1. The number of carbonyl (C=O) groups excluding carboxylic acids is 1. The maximum absolute atomic E-state index is 11.9. The van der Waals surface area contributed by atoms with Gasteiger partial charge in [-0.25, -0.2) is 17.9 Å². The summed E-state index contributed by atoms with van der Waals surface area (Å²) in [6.45, 7) is 6.64. The number of rotatable bonds is 2. The highest BCUT2D eigenvalue weighted by Gasteiger charge is 2.23. The van der Waals surface area contributed by atoms with Crippen molar-refractivity contribution >= 4 is 16.1 Å². The van der Waals surface area contributed by atoms with Gasteiger partial charge in [-0.1, -0.05) is 18.2 Å². The number of hydrogen-bond acceptors (Lipinski definition) is 4. The van der Waals surface area contributed by atoms with Crippen molar-refractivity contribution in [2.75, 3.05) is 0 Å². The summed E-state index contributed by atoms with van der Waals surface area (Å²) in [4.78, 5) is 11.5. The smallest absolute Gasteiger partial charge is 0.421 e. The van der Waals surface area contributed by atoms with Crippen LogP contribution in [0.25, 0.3) is 0 Å². The minimum Gasteiger partial charge on any atom is -0.443 e. The van der Waals surface area contributed by atoms with Gasteiger partial charge in [-0.3, -0.25) is 0 Å². The molecule has 6 heteroatoms. The van der Waals surface area contributed by atoms with Gasteiger partial charge in [0.15, 0.2) is 0 Å². The molecule has 0 fully saturated rings. The van der Waals surface area contributed by atoms with E-state index in [0.717, 1.165) is 0 Å². The topological polar surface area (TPSA) is 72.5 Å². The Morgan fingerprint density at radius 2 is 1.78 bits per heavy atom. The Morgan fingerprint density at radius 3 is 2.28 bits per heavy atom. The standard InChI is InChI=1S/C12H17NO4S/c1-9-7-5-6-8-10(9)18(15,16)13-11(14)17-12(2,3)4/h5-8H,1-4H3,(H,13,14). The van der Waals surface area contributed by atoms with Gasteiger partial charge in [-0.15, -0.1) is 0 Å². The minimum atomic E-state index is -3.89. The molecule has 0 aliphatic rings. The molecule has 0 aromatic heterocycles. The van der Waals surface area contributed by atoms with Crippen LogP contribution in [-0.4, -0.2) is 20.1 Å². The molecule has 0 aliphatic carbocycles. The van der Waals surface area contributed by atoms with Crippen molar-refractivity contribution in [1.29, 1.82) is 0 Å². The number of hydrogen-bond donors (Lipinski definition) is 1. The molecule has 0 saturated heterocycles. The third kappa shape index (κ3) is 4.03. The lowest BCUT2D eigenvalue weighted by atomic mass is 10.2. The van der Waals surface area contributed by atoms with Crippen LogP contribution < -0.4 is 4.72 Å². The van der Waals surface area contributed by atoms with Crippen LogP contribution in [0.2, 0.25) is 0 Å². The number of amides is 1. The van der Waals surface area contributed by atoms with Crippen molar-refractivity contribution in [3.8, 4) is 0 Å². The molecule has 18 heavy (non-hydrogen) atoms. The van der Waals surface area contributed by atoms with Crippen molar-refractivity contribution in [2.24, 2.45) is 0 Å². The molecule has 1 N–H and O–H groups in total. The van der Waals surface area contributed by atoms with Gasteiger partial charge < -0.3 is 4.74 Å². The molecular formula is C12H17NO4S. The highest BCUT2D eigenvalue weighted by molar-refractivity contribution is 7.90. The number of aryl methyl sites for hydroxylation is 1. The predicted molar refractivity (Wildman–Crippen MR) is 67.7 cm³/mol. The fourth-order valence-corrected chi connectivity index (χ4v) is 2.44. The van der Waals surface area contributed by atoms with E-state index in [1.807, 2.05) is 4.72 Å². The van der Waals surface area contributed by atoms with Crippen molar-refractivity contribution in [2.45, 2.75) is 38.2 Å². The van der Waals surface area contributed by atoms with Crippen molar-refractivity contribution in [1.82, 2.24) is 4.72 Å². The quantitative estimate of drug-likeness (QED) is 0.895. The Morgan fingerprint density at radius 1 is 1.22 bits per heavy atom. The third-order valence-electron chi connectivity index (χ3n) is 2.00. The van der Waals surface area contributed by atoms with Gasteiger partial charge in [0.25, 0.3) is 10.0 Å². The fraction of sp³-hybridized carbons (Fsp3) is 0.417. The molecule has 0 bridgehead atoms. The van der Waals surface area contributed by atoms with Gasteiger partial charge in [0.2, 0.25) is 0 Å². The lowest BCUT2D eigenvalue weighted by Gasteiger charge is -2.19. The number of carbonyl (C=O) groups is 1. The zero-order chi connectivity index (χ0) is 14.0. The van der Waals surface area contributed by atoms with E-state index in [0.29, 0.717) is 5.56 Å². The van der Waals surface area contributed by atoms with Gasteiger partial charge in [-0.2, -0.15) is 0 Å². The van der Waals surface area contributed by atoms with E-state index in [4.69, 9.17) is 4.74 Å². The van der Waals surface area contributed by atoms with E-state index in [1.165, 1.54) is 6.07 Å². The molecule has 1 amide bonds. The third-order valence-corrected chi connectivity index (χ3v) is 3.47. The van der Waals surface area contributed by atoms with Crippen LogP contribution in [0, 0.1) is 6.92 Å². The summed E-state index contributed by atoms with van der Waals surface area (Å²) < 4.78 is 30.7. The molecule has 100 valence electrons. The van der Waals surface area contributed by atoms with Crippen molar-refractivity contribution < 1.29 is 17.9 Å². The van der Waals surface area contributed by atoms with E-state index in [1.54, 1.807) is 45.9 Å². The van der Waals surface area contributed by atoms with Gasteiger partial charge >= 0.3 is 6.09 Å². The van der Waals surface area contributed by atoms with Gasteiger partial charge in [0.1, 0.15) is 5.60 Å². The first kappa shape index (κ1) is 14.5. The van der Waals surface area contributed by atoms with Crippen LogP contribution >= 0.6 is 0 Å². The maximum Gasteiger partial charge on any atom is 0.421 e. The molecule has 5 nitrogen and oxygen atoms in total. The van der Waals surface area contributed by atoms with Crippen LogP contribution in [0.15, 0.2) is 29.2 Å². The number of benzene rings is 1. The average Bonchev–Trinajstić information content (AvgIpc) is 2.13. The summed E-state index contributed by atoms with van der Waals surface area (Å²) in [7, 11) is -3.89. The lowest BCUT2D eigenvalue weighted by Crippen LogP contribution is -2.36. The first-order valence-electron chi connectivity index (χ1n) is 5.43. The summed E-state index contributed by atoms with van der Waals surface area (Å²) in [5.74, 6) is 0. The summed E-state index contributed by atoms with van der Waals surface area (Å²) in [6, 6.07) is 6.41. The highest BCUT2D eigenvalue weighted by Crippen LogP contribution is 2.14. The fourth-order valence-electron chi connectivity index (χ4n) is 1.32. The minimum absolute atomic E-state index is 0.0656. The predicted octanol–water partition coefficient (Wildman–Crippen LogP) is 2.21. The number of nitrogens with one attached hydrogen (secondary N) is 1. The van der Waals surface area contributed by atoms with E-state index in [2.05, 4.69) is 0 Å². The van der Waals surface area contributed by atoms with Crippen LogP contribution in [-0.2, 0) is 14.8 Å². The monoisotopic (exact) mass is 271 g/mol. The molecule has 1 rings (SSSR count). The summed E-state index contributed by atoms with van der Waals surface area (Å²) in [6.07, 6.45) is -0.981. The lowest BCUT2D eigenvalue weighted by molar-refractivity contribution is 0.0570. The average molecular weight is 271 g/mol. The van der Waals surface area contributed by atoms with Crippen LogP contribution in [0.3, 0.4) is 0 Å². The molecule has 0 heterocycles. The molecule has 1 aromatic rings. The number of ether oxygens (including phenoxy) is 1. The van der Waals surface area contributed by atoms with Crippen molar-refractivity contribution in [3.05, 3.63) is 29.8 Å². The Kier molecular flexibility index (Phi) is 4.01. The Labute approximate surface area is 107 Å². The molecule has 0 unspecified atom stereocenters. The van der Waals surface area contributed by atoms with Crippen LogP contribution in [0.5, 0.6) is 0 Å². The molecule has 0 radical (unpaired) electrons. The molecular weight excluding hydrogens is 254 g/mol. The maximum atomic E-state index is 11.9. The second-order valence-electron chi connectivity index (χ2n) is 4.87. The molecule has 0 spiro atoms. The molecule has 1 aromatic carbocycles. The van der Waals surface area contributed by atoms with Gasteiger partial charge in [-0.05, 0) is 39.3 Å². The van der Waals surface area contributed by atoms with E-state index in [9.17, 15) is 13.2 Å². The first-order valence-corrected chi connectivity index (χ1v) is 6.91. The zero-order valence-corrected chi connectivity index (χ0v) is 11.7. The zero-order valence-electron chi connectivity index (χ0n) is 10.9. The van der Waals surface area contributed by atoms with E-state index in [-0.39, 0.29) is 4.90 Å². The normalized spacial score (nSPS) is 12.0. The highest BCUT2D eigenvalue weighted by atomic mass is 32.2. The second-order valence-corrected chi connectivity index (χ2v) is 6.52. The summed E-state index contributed by atoms with van der Waals surface area (Å²) in [5.41, 5.74) is -0.181. The van der Waals surface area contributed by atoms with Gasteiger partial charge in [0, 0.05) is 0 Å². The van der Waals surface area contributed by atoms with Crippen molar-refractivity contribution in [3.63, 3.8) is 0 Å². The second kappa shape index (κ2) is 4.97.